The summed E-state index contributed by atoms with van der Waals surface area (Å²) >= 11 is 0. The fourth-order valence-corrected chi connectivity index (χ4v) is 3.28. The van der Waals surface area contributed by atoms with Crippen molar-refractivity contribution in [1.82, 2.24) is 9.88 Å². The molecule has 2 heterocycles. The van der Waals surface area contributed by atoms with Crippen LogP contribution in [-0.2, 0) is 10.9 Å². The van der Waals surface area contributed by atoms with E-state index in [0.717, 1.165) is 25.3 Å². The van der Waals surface area contributed by atoms with E-state index >= 15 is 0 Å². The predicted octanol–water partition coefficient (Wildman–Crippen LogP) is 2.80. The lowest BCUT2D eigenvalue weighted by Crippen LogP contribution is -2.51. The van der Waals surface area contributed by atoms with E-state index in [-0.39, 0.29) is 29.3 Å². The number of nitrogens with zero attached hydrogens (tertiary/aromatic N) is 2. The Morgan fingerprint density at radius 2 is 2.14 bits per heavy atom. The van der Waals surface area contributed by atoms with Crippen LogP contribution in [0.4, 0.5) is 13.2 Å². The normalized spacial score (nSPS) is 25.2. The maximum absolute atomic E-state index is 12.7. The lowest BCUT2D eigenvalue weighted by molar-refractivity contribution is -0.141. The first-order valence-corrected chi connectivity index (χ1v) is 7.35. The lowest BCUT2D eigenvalue weighted by atomic mass is 10.1. The van der Waals surface area contributed by atoms with Gasteiger partial charge in [-0.15, -0.1) is 0 Å². The second-order valence-electron chi connectivity index (χ2n) is 5.73. The molecule has 2 fully saturated rings. The van der Waals surface area contributed by atoms with Crippen LogP contribution >= 0.6 is 0 Å². The monoisotopic (exact) mass is 314 g/mol. The number of hydrogen-bond acceptors (Lipinski definition) is 3. The number of carbonyl (C=O) groups is 1. The molecule has 0 unspecified atom stereocenters. The highest BCUT2D eigenvalue weighted by Crippen LogP contribution is 2.32. The molecule has 1 aliphatic carbocycles. The molecule has 1 amide bonds. The highest BCUT2D eigenvalue weighted by Gasteiger charge is 2.39. The van der Waals surface area contributed by atoms with E-state index in [2.05, 4.69) is 4.98 Å². The van der Waals surface area contributed by atoms with Crippen LogP contribution in [0.1, 0.15) is 41.0 Å². The number of ether oxygens (including phenoxy) is 1. The van der Waals surface area contributed by atoms with Gasteiger partial charge in [0, 0.05) is 6.54 Å². The zero-order valence-corrected chi connectivity index (χ0v) is 12.2. The highest BCUT2D eigenvalue weighted by atomic mass is 19.4. The van der Waals surface area contributed by atoms with Crippen molar-refractivity contribution in [3.8, 4) is 0 Å². The summed E-state index contributed by atoms with van der Waals surface area (Å²) in [4.78, 5) is 17.9. The quantitative estimate of drug-likeness (QED) is 0.800. The number of carbonyl (C=O) groups excluding carboxylic acids is 1. The van der Waals surface area contributed by atoms with Gasteiger partial charge in [-0.3, -0.25) is 4.79 Å². The molecular weight excluding hydrogens is 297 g/mol. The molecule has 1 aliphatic heterocycles. The number of aromatic nitrogens is 1. The van der Waals surface area contributed by atoms with E-state index in [9.17, 15) is 18.0 Å². The van der Waals surface area contributed by atoms with Crippen molar-refractivity contribution in [2.75, 3.05) is 13.2 Å². The largest absolute Gasteiger partial charge is 0.433 e. The maximum Gasteiger partial charge on any atom is 0.433 e. The first kappa shape index (κ1) is 15.3. The molecule has 2 aliphatic rings. The number of amides is 1. The Balaban J connectivity index is 1.86. The topological polar surface area (TPSA) is 42.4 Å². The maximum atomic E-state index is 12.7. The van der Waals surface area contributed by atoms with E-state index in [1.165, 1.54) is 13.0 Å². The zero-order valence-electron chi connectivity index (χ0n) is 12.2. The van der Waals surface area contributed by atoms with E-state index < -0.39 is 11.9 Å². The minimum absolute atomic E-state index is 0.0305. The van der Waals surface area contributed by atoms with Crippen LogP contribution in [-0.4, -0.2) is 41.1 Å². The Bertz CT molecular complexity index is 589. The summed E-state index contributed by atoms with van der Waals surface area (Å²) in [6.45, 7) is 2.38. The summed E-state index contributed by atoms with van der Waals surface area (Å²) in [5.74, 6) is -0.251. The second-order valence-corrected chi connectivity index (χ2v) is 5.73. The van der Waals surface area contributed by atoms with Gasteiger partial charge in [0.2, 0.25) is 0 Å². The second kappa shape index (κ2) is 5.53. The van der Waals surface area contributed by atoms with Crippen molar-refractivity contribution in [2.24, 2.45) is 0 Å². The third-order valence-corrected chi connectivity index (χ3v) is 4.35. The Kier molecular flexibility index (Phi) is 3.84. The van der Waals surface area contributed by atoms with Crippen LogP contribution in [0.15, 0.2) is 12.1 Å². The molecule has 1 aromatic heterocycles. The molecule has 120 valence electrons. The SMILES string of the molecule is Cc1nc(C(F)(F)F)ccc1C(=O)N1CCO[C@H]2CCC[C@@H]21. The number of morpholine rings is 1. The number of fused-ring (bicyclic) bond motifs is 1. The van der Waals surface area contributed by atoms with Gasteiger partial charge in [0.15, 0.2) is 0 Å². The number of halogens is 3. The summed E-state index contributed by atoms with van der Waals surface area (Å²) in [7, 11) is 0. The third kappa shape index (κ3) is 2.69. The molecule has 7 heteroatoms. The first-order valence-electron chi connectivity index (χ1n) is 7.35. The van der Waals surface area contributed by atoms with E-state index in [1.807, 2.05) is 0 Å². The molecule has 1 aromatic rings. The summed E-state index contributed by atoms with van der Waals surface area (Å²) in [6, 6.07) is 2.13. The fourth-order valence-electron chi connectivity index (χ4n) is 3.28. The van der Waals surface area contributed by atoms with Crippen molar-refractivity contribution < 1.29 is 22.7 Å². The molecule has 1 saturated heterocycles. The fraction of sp³-hybridized carbons (Fsp3) is 0.600. The van der Waals surface area contributed by atoms with Gasteiger partial charge in [-0.05, 0) is 38.3 Å². The Morgan fingerprint density at radius 1 is 1.36 bits per heavy atom. The molecule has 0 bridgehead atoms. The Morgan fingerprint density at radius 3 is 2.82 bits per heavy atom. The van der Waals surface area contributed by atoms with Crippen LogP contribution in [0.3, 0.4) is 0 Å². The average molecular weight is 314 g/mol. The minimum atomic E-state index is -4.50. The van der Waals surface area contributed by atoms with E-state index in [1.54, 1.807) is 4.90 Å². The molecule has 1 saturated carbocycles. The molecule has 22 heavy (non-hydrogen) atoms. The number of hydrogen-bond donors (Lipinski definition) is 0. The van der Waals surface area contributed by atoms with Crippen LogP contribution in [0, 0.1) is 6.92 Å². The highest BCUT2D eigenvalue weighted by molar-refractivity contribution is 5.95. The van der Waals surface area contributed by atoms with Gasteiger partial charge in [-0.1, -0.05) is 0 Å². The number of rotatable bonds is 1. The van der Waals surface area contributed by atoms with Crippen molar-refractivity contribution >= 4 is 5.91 Å². The lowest BCUT2D eigenvalue weighted by Gasteiger charge is -2.37. The van der Waals surface area contributed by atoms with E-state index in [0.29, 0.717) is 13.2 Å². The molecule has 0 N–H and O–H groups in total. The molecular formula is C15H17F3N2O2. The minimum Gasteiger partial charge on any atom is -0.374 e. The van der Waals surface area contributed by atoms with Crippen LogP contribution in [0.25, 0.3) is 0 Å². The van der Waals surface area contributed by atoms with Gasteiger partial charge in [0.1, 0.15) is 5.69 Å². The molecule has 3 rings (SSSR count). The number of aryl methyl sites for hydroxylation is 1. The third-order valence-electron chi connectivity index (χ3n) is 4.35. The number of alkyl halides is 3. The van der Waals surface area contributed by atoms with Crippen LogP contribution < -0.4 is 0 Å². The Hall–Kier alpha value is -1.63. The molecule has 4 nitrogen and oxygen atoms in total. The zero-order chi connectivity index (χ0) is 15.9. The van der Waals surface area contributed by atoms with Crippen molar-refractivity contribution in [3.63, 3.8) is 0 Å². The Labute approximate surface area is 126 Å². The standard InChI is InChI=1S/C15H17F3N2O2/c1-9-10(5-6-13(19-9)15(16,17)18)14(21)20-7-8-22-12-4-2-3-11(12)20/h5-6,11-12H,2-4,7-8H2,1H3/t11-,12-/m0/s1. The summed E-state index contributed by atoms with van der Waals surface area (Å²) < 4.78 is 43.6. The molecule has 0 spiro atoms. The van der Waals surface area contributed by atoms with E-state index in [4.69, 9.17) is 4.74 Å². The molecule has 2 atom stereocenters. The average Bonchev–Trinajstić information content (AvgIpc) is 2.93. The van der Waals surface area contributed by atoms with Crippen molar-refractivity contribution in [1.29, 1.82) is 0 Å². The smallest absolute Gasteiger partial charge is 0.374 e. The summed E-state index contributed by atoms with van der Waals surface area (Å²) in [5, 5.41) is 0. The van der Waals surface area contributed by atoms with Gasteiger partial charge >= 0.3 is 6.18 Å². The summed E-state index contributed by atoms with van der Waals surface area (Å²) in [6.07, 6.45) is -1.63. The van der Waals surface area contributed by atoms with Crippen molar-refractivity contribution in [2.45, 2.75) is 44.5 Å². The first-order chi connectivity index (χ1) is 10.4. The predicted molar refractivity (Wildman–Crippen MR) is 72.4 cm³/mol. The van der Waals surface area contributed by atoms with Gasteiger partial charge in [-0.2, -0.15) is 13.2 Å². The van der Waals surface area contributed by atoms with Gasteiger partial charge in [0.05, 0.1) is 30.0 Å². The van der Waals surface area contributed by atoms with Crippen molar-refractivity contribution in [3.05, 3.63) is 29.1 Å². The van der Waals surface area contributed by atoms with Gasteiger partial charge in [-0.25, -0.2) is 4.98 Å². The number of pyridine rings is 1. The molecule has 0 aromatic carbocycles. The molecule has 0 radical (unpaired) electrons. The van der Waals surface area contributed by atoms with Gasteiger partial charge in [0.25, 0.3) is 5.91 Å². The van der Waals surface area contributed by atoms with Crippen LogP contribution in [0.2, 0.25) is 0 Å². The van der Waals surface area contributed by atoms with Crippen LogP contribution in [0.5, 0.6) is 0 Å². The van der Waals surface area contributed by atoms with Gasteiger partial charge < -0.3 is 9.64 Å². The summed E-state index contributed by atoms with van der Waals surface area (Å²) in [5.41, 5.74) is -0.622.